The molecule has 0 N–H and O–H groups in total. The highest BCUT2D eigenvalue weighted by Gasteiger charge is 2.16. The maximum Gasteiger partial charge on any atom is 0.387 e. The molecule has 0 radical (unpaired) electrons. The van der Waals surface area contributed by atoms with Gasteiger partial charge in [-0.2, -0.15) is 13.2 Å². The fraction of sp³-hybridized carbons (Fsp3) is 0.364. The molecule has 0 aliphatic carbocycles. The van der Waals surface area contributed by atoms with Crippen LogP contribution in [0.4, 0.5) is 14.6 Å². The Balaban J connectivity index is 2.55. The third kappa shape index (κ3) is 2.31. The number of fused-ring (bicyclic) bond motifs is 1. The van der Waals surface area contributed by atoms with Gasteiger partial charge in [0.15, 0.2) is 5.82 Å². The quantitative estimate of drug-likeness (QED) is 0.841. The Bertz CT molecular complexity index is 515. The third-order valence-electron chi connectivity index (χ3n) is 2.49. The first kappa shape index (κ1) is 12.0. The third-order valence-corrected chi connectivity index (χ3v) is 3.30. The van der Waals surface area contributed by atoms with Crippen LogP contribution in [-0.4, -0.2) is 24.6 Å². The molecule has 0 amide bonds. The van der Waals surface area contributed by atoms with Crippen LogP contribution >= 0.6 is 11.5 Å². The fourth-order valence-electron chi connectivity index (χ4n) is 1.55. The molecule has 0 saturated heterocycles. The van der Waals surface area contributed by atoms with Gasteiger partial charge in [0.25, 0.3) is 0 Å². The largest absolute Gasteiger partial charge is 0.434 e. The van der Waals surface area contributed by atoms with E-state index < -0.39 is 6.61 Å². The highest BCUT2D eigenvalue weighted by atomic mass is 32.1. The molecule has 0 fully saturated rings. The maximum absolute atomic E-state index is 12.3. The molecule has 1 heterocycles. The summed E-state index contributed by atoms with van der Waals surface area (Å²) in [7, 11) is 1.87. The minimum Gasteiger partial charge on any atom is -0.434 e. The number of alkyl halides is 2. The van der Waals surface area contributed by atoms with Crippen LogP contribution in [0, 0.1) is 0 Å². The van der Waals surface area contributed by atoms with Crippen LogP contribution < -0.4 is 9.64 Å². The first-order valence-corrected chi connectivity index (χ1v) is 5.95. The second kappa shape index (κ2) is 4.83. The Morgan fingerprint density at radius 3 is 2.88 bits per heavy atom. The van der Waals surface area contributed by atoms with Crippen molar-refractivity contribution < 1.29 is 13.5 Å². The number of anilines is 1. The molecule has 1 aromatic heterocycles. The Hall–Kier alpha value is -1.43. The van der Waals surface area contributed by atoms with Crippen molar-refractivity contribution in [1.82, 2.24) is 4.37 Å². The molecule has 0 aliphatic rings. The van der Waals surface area contributed by atoms with E-state index in [-0.39, 0.29) is 5.75 Å². The molecule has 0 atom stereocenters. The zero-order valence-electron chi connectivity index (χ0n) is 9.48. The van der Waals surface area contributed by atoms with Gasteiger partial charge in [0.1, 0.15) is 5.75 Å². The smallest absolute Gasteiger partial charge is 0.387 e. The Kier molecular flexibility index (Phi) is 3.42. The van der Waals surface area contributed by atoms with Crippen LogP contribution in [0.3, 0.4) is 0 Å². The molecule has 1 aromatic carbocycles. The van der Waals surface area contributed by atoms with Crippen molar-refractivity contribution in [2.24, 2.45) is 0 Å². The van der Waals surface area contributed by atoms with Gasteiger partial charge >= 0.3 is 6.61 Å². The lowest BCUT2D eigenvalue weighted by Gasteiger charge is -2.15. The summed E-state index contributed by atoms with van der Waals surface area (Å²) in [5.74, 6) is 0.866. The molecular weight excluding hydrogens is 246 g/mol. The minimum atomic E-state index is -2.82. The Labute approximate surface area is 102 Å². The van der Waals surface area contributed by atoms with Gasteiger partial charge in [0.2, 0.25) is 0 Å². The normalized spacial score (nSPS) is 11.1. The van der Waals surface area contributed by atoms with Gasteiger partial charge in [-0.3, -0.25) is 0 Å². The van der Waals surface area contributed by atoms with Gasteiger partial charge in [0.05, 0.1) is 10.1 Å². The van der Waals surface area contributed by atoms with Crippen molar-refractivity contribution in [3.8, 4) is 5.75 Å². The molecular formula is C11H12F2N2OS. The predicted molar refractivity (Wildman–Crippen MR) is 65.2 cm³/mol. The number of nitrogens with zero attached hydrogens (tertiary/aromatic N) is 2. The van der Waals surface area contributed by atoms with E-state index in [9.17, 15) is 8.78 Å². The summed E-state index contributed by atoms with van der Waals surface area (Å²) in [6, 6.07) is 5.07. The van der Waals surface area contributed by atoms with E-state index >= 15 is 0 Å². The molecule has 0 aliphatic heterocycles. The average molecular weight is 258 g/mol. The number of benzene rings is 1. The van der Waals surface area contributed by atoms with E-state index in [1.54, 1.807) is 6.07 Å². The summed E-state index contributed by atoms with van der Waals surface area (Å²) in [5.41, 5.74) is 0. The molecule has 3 nitrogen and oxygen atoms in total. The highest BCUT2D eigenvalue weighted by Crippen LogP contribution is 2.36. The fourth-order valence-corrected chi connectivity index (χ4v) is 2.39. The van der Waals surface area contributed by atoms with Crippen molar-refractivity contribution in [2.45, 2.75) is 13.5 Å². The molecule has 2 aromatic rings. The van der Waals surface area contributed by atoms with E-state index in [0.29, 0.717) is 11.2 Å². The summed E-state index contributed by atoms with van der Waals surface area (Å²) < 4.78 is 34.3. The van der Waals surface area contributed by atoms with Gasteiger partial charge in [-0.1, -0.05) is 6.07 Å². The van der Waals surface area contributed by atoms with E-state index in [1.807, 2.05) is 24.9 Å². The standard InChI is InChI=1S/C11H12F2N2OS/c1-3-15(2)10-9-7(16-11(12)13)5-4-6-8(9)17-14-10/h4-6,11H,3H2,1-2H3. The number of aromatic nitrogens is 1. The van der Waals surface area contributed by atoms with Crippen LogP contribution in [0.2, 0.25) is 0 Å². The van der Waals surface area contributed by atoms with E-state index in [2.05, 4.69) is 9.11 Å². The molecule has 92 valence electrons. The predicted octanol–water partition coefficient (Wildman–Crippen LogP) is 3.35. The summed E-state index contributed by atoms with van der Waals surface area (Å²) in [6.45, 7) is -0.0934. The lowest BCUT2D eigenvalue weighted by molar-refractivity contribution is -0.0487. The van der Waals surface area contributed by atoms with Crippen molar-refractivity contribution in [2.75, 3.05) is 18.5 Å². The first-order valence-electron chi connectivity index (χ1n) is 5.17. The van der Waals surface area contributed by atoms with Crippen molar-refractivity contribution in [1.29, 1.82) is 0 Å². The molecule has 2 rings (SSSR count). The average Bonchev–Trinajstić information content (AvgIpc) is 2.72. The molecule has 6 heteroatoms. The molecule has 17 heavy (non-hydrogen) atoms. The summed E-state index contributed by atoms with van der Waals surface area (Å²) >= 11 is 1.28. The van der Waals surface area contributed by atoms with E-state index in [0.717, 1.165) is 11.2 Å². The number of hydrogen-bond donors (Lipinski definition) is 0. The van der Waals surface area contributed by atoms with Crippen LogP contribution in [0.1, 0.15) is 6.92 Å². The second-order valence-electron chi connectivity index (χ2n) is 3.53. The van der Waals surface area contributed by atoms with Crippen molar-refractivity contribution >= 4 is 27.4 Å². The summed E-state index contributed by atoms with van der Waals surface area (Å²) in [4.78, 5) is 1.90. The SMILES string of the molecule is CCN(C)c1nsc2cccc(OC(F)F)c12. The monoisotopic (exact) mass is 258 g/mol. The minimum absolute atomic E-state index is 0.182. The molecule has 0 bridgehead atoms. The first-order chi connectivity index (χ1) is 8.13. The Morgan fingerprint density at radius 2 is 2.24 bits per heavy atom. The number of rotatable bonds is 4. The number of ether oxygens (including phenoxy) is 1. The molecule has 0 unspecified atom stereocenters. The van der Waals surface area contributed by atoms with Gasteiger partial charge in [-0.05, 0) is 30.6 Å². The lowest BCUT2D eigenvalue weighted by atomic mass is 10.2. The Morgan fingerprint density at radius 1 is 1.47 bits per heavy atom. The van der Waals surface area contributed by atoms with Crippen LogP contribution in [0.15, 0.2) is 18.2 Å². The lowest BCUT2D eigenvalue weighted by Crippen LogP contribution is -2.16. The maximum atomic E-state index is 12.3. The second-order valence-corrected chi connectivity index (χ2v) is 4.33. The highest BCUT2D eigenvalue weighted by molar-refractivity contribution is 7.13. The zero-order valence-corrected chi connectivity index (χ0v) is 10.3. The van der Waals surface area contributed by atoms with Gasteiger partial charge in [-0.15, -0.1) is 0 Å². The van der Waals surface area contributed by atoms with Crippen molar-refractivity contribution in [3.63, 3.8) is 0 Å². The van der Waals surface area contributed by atoms with Crippen LogP contribution in [-0.2, 0) is 0 Å². The van der Waals surface area contributed by atoms with Crippen LogP contribution in [0.5, 0.6) is 5.75 Å². The number of hydrogen-bond acceptors (Lipinski definition) is 4. The van der Waals surface area contributed by atoms with E-state index in [1.165, 1.54) is 17.6 Å². The van der Waals surface area contributed by atoms with Crippen LogP contribution in [0.25, 0.3) is 10.1 Å². The molecule has 0 saturated carbocycles. The van der Waals surface area contributed by atoms with Gasteiger partial charge in [-0.25, -0.2) is 0 Å². The van der Waals surface area contributed by atoms with Gasteiger partial charge < -0.3 is 9.64 Å². The number of halogens is 2. The van der Waals surface area contributed by atoms with E-state index in [4.69, 9.17) is 0 Å². The topological polar surface area (TPSA) is 25.4 Å². The van der Waals surface area contributed by atoms with Gasteiger partial charge in [0, 0.05) is 13.6 Å². The zero-order chi connectivity index (χ0) is 12.4. The molecule has 0 spiro atoms. The summed E-state index contributed by atoms with van der Waals surface area (Å²) in [5, 5.41) is 0.655. The summed E-state index contributed by atoms with van der Waals surface area (Å²) in [6.07, 6.45) is 0. The van der Waals surface area contributed by atoms with Crippen molar-refractivity contribution in [3.05, 3.63) is 18.2 Å².